The fraction of sp³-hybridized carbons (Fsp3) is 0.333. The molecular weight excluding hydrogens is 360 g/mol. The maximum atomic E-state index is 12.3. The molecule has 3 rings (SSSR count). The molecule has 0 radical (unpaired) electrons. The number of imide groups is 1. The maximum Gasteiger partial charge on any atom is 0.324 e. The molecule has 1 saturated heterocycles. The van der Waals surface area contributed by atoms with Crippen molar-refractivity contribution in [1.29, 1.82) is 0 Å². The van der Waals surface area contributed by atoms with Crippen molar-refractivity contribution in [2.24, 2.45) is 0 Å². The first kappa shape index (κ1) is 17.6. The molecule has 0 unspecified atom stereocenters. The maximum absolute atomic E-state index is 12.3. The van der Waals surface area contributed by atoms with Gasteiger partial charge in [-0.3, -0.25) is 9.69 Å². The SMILES string of the molecule is C[C@@H](Sc1nnc(SCc2ccccc2)n1N)C(=O)N1CCNC1=O. The minimum atomic E-state index is -0.484. The van der Waals surface area contributed by atoms with Crippen LogP contribution in [0.1, 0.15) is 12.5 Å². The van der Waals surface area contributed by atoms with Crippen LogP contribution in [-0.2, 0) is 10.5 Å². The minimum Gasteiger partial charge on any atom is -0.336 e. The lowest BCUT2D eigenvalue weighted by molar-refractivity contribution is -0.126. The monoisotopic (exact) mass is 378 g/mol. The van der Waals surface area contributed by atoms with E-state index in [4.69, 9.17) is 5.84 Å². The van der Waals surface area contributed by atoms with Crippen molar-refractivity contribution in [3.05, 3.63) is 35.9 Å². The van der Waals surface area contributed by atoms with Gasteiger partial charge in [0.2, 0.25) is 16.2 Å². The molecule has 0 aliphatic carbocycles. The van der Waals surface area contributed by atoms with Crippen LogP contribution in [0.5, 0.6) is 0 Å². The summed E-state index contributed by atoms with van der Waals surface area (Å²) in [7, 11) is 0. The highest BCUT2D eigenvalue weighted by molar-refractivity contribution is 8.00. The predicted octanol–water partition coefficient (Wildman–Crippen LogP) is 1.32. The van der Waals surface area contributed by atoms with E-state index in [0.29, 0.717) is 23.4 Å². The molecule has 1 fully saturated rings. The van der Waals surface area contributed by atoms with Gasteiger partial charge in [0.1, 0.15) is 0 Å². The second-order valence-electron chi connectivity index (χ2n) is 5.39. The van der Waals surface area contributed by atoms with Crippen molar-refractivity contribution in [2.75, 3.05) is 18.9 Å². The summed E-state index contributed by atoms with van der Waals surface area (Å²) in [6.45, 7) is 2.59. The second-order valence-corrected chi connectivity index (χ2v) is 7.64. The van der Waals surface area contributed by atoms with Crippen molar-refractivity contribution in [1.82, 2.24) is 25.1 Å². The molecule has 10 heteroatoms. The number of nitrogens with one attached hydrogen (secondary N) is 1. The van der Waals surface area contributed by atoms with E-state index in [1.807, 2.05) is 30.3 Å². The number of nitrogens with zero attached hydrogens (tertiary/aromatic N) is 4. The van der Waals surface area contributed by atoms with E-state index in [2.05, 4.69) is 15.5 Å². The summed E-state index contributed by atoms with van der Waals surface area (Å²) in [6.07, 6.45) is 0. The third-order valence-electron chi connectivity index (χ3n) is 3.60. The Balaban J connectivity index is 1.60. The van der Waals surface area contributed by atoms with Gasteiger partial charge in [-0.1, -0.05) is 53.9 Å². The summed E-state index contributed by atoms with van der Waals surface area (Å²) >= 11 is 2.66. The number of carbonyl (C=O) groups is 2. The zero-order valence-corrected chi connectivity index (χ0v) is 15.2. The highest BCUT2D eigenvalue weighted by atomic mass is 32.2. The predicted molar refractivity (Wildman–Crippen MR) is 96.6 cm³/mol. The zero-order valence-electron chi connectivity index (χ0n) is 13.6. The lowest BCUT2D eigenvalue weighted by Gasteiger charge is -2.16. The van der Waals surface area contributed by atoms with Gasteiger partial charge < -0.3 is 11.2 Å². The molecule has 1 aliphatic rings. The number of aromatic nitrogens is 3. The molecule has 25 heavy (non-hydrogen) atoms. The van der Waals surface area contributed by atoms with Gasteiger partial charge >= 0.3 is 6.03 Å². The van der Waals surface area contributed by atoms with Crippen LogP contribution in [0.15, 0.2) is 40.6 Å². The molecule has 2 aromatic rings. The van der Waals surface area contributed by atoms with E-state index in [1.165, 1.54) is 33.1 Å². The van der Waals surface area contributed by atoms with Crippen molar-refractivity contribution < 1.29 is 9.59 Å². The Morgan fingerprint density at radius 2 is 2.04 bits per heavy atom. The lowest BCUT2D eigenvalue weighted by Crippen LogP contribution is -2.39. The Labute approximate surface area is 153 Å². The number of benzene rings is 1. The smallest absolute Gasteiger partial charge is 0.324 e. The van der Waals surface area contributed by atoms with Gasteiger partial charge in [0.15, 0.2) is 0 Å². The van der Waals surface area contributed by atoms with E-state index < -0.39 is 5.25 Å². The average molecular weight is 378 g/mol. The third-order valence-corrected chi connectivity index (χ3v) is 5.66. The molecule has 3 amide bonds. The van der Waals surface area contributed by atoms with Crippen LogP contribution in [0.3, 0.4) is 0 Å². The molecule has 3 N–H and O–H groups in total. The Hall–Kier alpha value is -2.20. The van der Waals surface area contributed by atoms with Gasteiger partial charge in [0.25, 0.3) is 0 Å². The summed E-state index contributed by atoms with van der Waals surface area (Å²) in [5.74, 6) is 6.51. The van der Waals surface area contributed by atoms with Gasteiger partial charge in [0.05, 0.1) is 5.25 Å². The number of rotatable bonds is 6. The molecule has 0 saturated carbocycles. The van der Waals surface area contributed by atoms with Crippen molar-refractivity contribution in [3.8, 4) is 0 Å². The Morgan fingerprint density at radius 1 is 1.32 bits per heavy atom. The molecule has 2 heterocycles. The first-order valence-electron chi connectivity index (χ1n) is 7.69. The van der Waals surface area contributed by atoms with E-state index in [0.717, 1.165) is 11.3 Å². The lowest BCUT2D eigenvalue weighted by atomic mass is 10.2. The first-order valence-corrected chi connectivity index (χ1v) is 9.56. The van der Waals surface area contributed by atoms with Crippen LogP contribution in [0, 0.1) is 0 Å². The fourth-order valence-corrected chi connectivity index (χ4v) is 3.98. The number of nitrogen functional groups attached to an aromatic ring is 1. The number of urea groups is 1. The summed E-state index contributed by atoms with van der Waals surface area (Å²) in [5, 5.41) is 11.3. The standard InChI is InChI=1S/C15H18N6O2S2/c1-10(12(22)20-8-7-17-13(20)23)25-15-19-18-14(21(15)16)24-9-11-5-3-2-4-6-11/h2-6,10H,7-9,16H2,1H3,(H,17,23)/t10-/m1/s1. The third kappa shape index (κ3) is 4.07. The van der Waals surface area contributed by atoms with Gasteiger partial charge in [0, 0.05) is 18.8 Å². The van der Waals surface area contributed by atoms with E-state index in [1.54, 1.807) is 6.92 Å². The Morgan fingerprint density at radius 3 is 2.72 bits per heavy atom. The zero-order chi connectivity index (χ0) is 17.8. The van der Waals surface area contributed by atoms with Crippen LogP contribution in [0.25, 0.3) is 0 Å². The molecular formula is C15H18N6O2S2. The van der Waals surface area contributed by atoms with Crippen molar-refractivity contribution in [2.45, 2.75) is 28.2 Å². The minimum absolute atomic E-state index is 0.263. The van der Waals surface area contributed by atoms with E-state index in [-0.39, 0.29) is 11.9 Å². The van der Waals surface area contributed by atoms with Crippen LogP contribution in [0.2, 0.25) is 0 Å². The van der Waals surface area contributed by atoms with Gasteiger partial charge in [-0.25, -0.2) is 9.47 Å². The molecule has 132 valence electrons. The van der Waals surface area contributed by atoms with Crippen LogP contribution >= 0.6 is 23.5 Å². The highest BCUT2D eigenvalue weighted by Gasteiger charge is 2.31. The second kappa shape index (κ2) is 7.79. The molecule has 1 aliphatic heterocycles. The molecule has 1 aromatic carbocycles. The topological polar surface area (TPSA) is 106 Å². The van der Waals surface area contributed by atoms with Gasteiger partial charge in [-0.2, -0.15) is 0 Å². The molecule has 1 aromatic heterocycles. The Bertz CT molecular complexity index is 767. The van der Waals surface area contributed by atoms with E-state index in [9.17, 15) is 9.59 Å². The number of thioether (sulfide) groups is 2. The fourth-order valence-electron chi connectivity index (χ4n) is 2.27. The quantitative estimate of drug-likeness (QED) is 0.577. The van der Waals surface area contributed by atoms with Crippen LogP contribution in [-0.4, -0.2) is 50.1 Å². The average Bonchev–Trinajstić information content (AvgIpc) is 3.20. The van der Waals surface area contributed by atoms with Crippen LogP contribution in [0.4, 0.5) is 4.79 Å². The Kier molecular flexibility index (Phi) is 5.49. The number of nitrogens with two attached hydrogens (primary N) is 1. The summed E-state index contributed by atoms with van der Waals surface area (Å²) in [5.41, 5.74) is 1.16. The molecule has 0 bridgehead atoms. The first-order chi connectivity index (χ1) is 12.1. The van der Waals surface area contributed by atoms with Crippen molar-refractivity contribution >= 4 is 35.5 Å². The molecule has 8 nitrogen and oxygen atoms in total. The van der Waals surface area contributed by atoms with E-state index >= 15 is 0 Å². The molecule has 1 atom stereocenters. The summed E-state index contributed by atoms with van der Waals surface area (Å²) < 4.78 is 1.38. The summed E-state index contributed by atoms with van der Waals surface area (Å²) in [6, 6.07) is 9.63. The number of amides is 3. The molecule has 0 spiro atoms. The number of carbonyl (C=O) groups excluding carboxylic acids is 2. The van der Waals surface area contributed by atoms with Gasteiger partial charge in [-0.05, 0) is 12.5 Å². The summed E-state index contributed by atoms with van der Waals surface area (Å²) in [4.78, 5) is 25.1. The highest BCUT2D eigenvalue weighted by Crippen LogP contribution is 2.27. The normalized spacial score (nSPS) is 15.2. The largest absolute Gasteiger partial charge is 0.336 e. The number of hydrogen-bond acceptors (Lipinski definition) is 7. The van der Waals surface area contributed by atoms with Crippen molar-refractivity contribution in [3.63, 3.8) is 0 Å². The van der Waals surface area contributed by atoms with Crippen LogP contribution < -0.4 is 11.2 Å². The van der Waals surface area contributed by atoms with Gasteiger partial charge in [-0.15, -0.1) is 10.2 Å². The number of hydrogen-bond donors (Lipinski definition) is 2.